The fraction of sp³-hybridized carbons (Fsp3) is 0.286. The molecule has 29 heavy (non-hydrogen) atoms. The second-order valence-corrected chi connectivity index (χ2v) is 7.13. The van der Waals surface area contributed by atoms with E-state index in [1.54, 1.807) is 7.11 Å². The number of nitrogens with zero attached hydrogens (tertiary/aromatic N) is 4. The number of methoxy groups -OCH3 is 1. The van der Waals surface area contributed by atoms with Gasteiger partial charge in [0.1, 0.15) is 12.2 Å². The molecule has 7 nitrogen and oxygen atoms in total. The molecule has 150 valence electrons. The zero-order chi connectivity index (χ0) is 20.2. The molecule has 2 aromatic carbocycles. The van der Waals surface area contributed by atoms with Crippen molar-refractivity contribution in [1.29, 1.82) is 0 Å². The molecule has 0 saturated carbocycles. The van der Waals surface area contributed by atoms with E-state index in [9.17, 15) is 4.79 Å². The summed E-state index contributed by atoms with van der Waals surface area (Å²) in [4.78, 5) is 16.7. The first-order chi connectivity index (χ1) is 14.1. The van der Waals surface area contributed by atoms with E-state index in [2.05, 4.69) is 15.1 Å². The molecular formula is C21H21ClN4O3. The first-order valence-corrected chi connectivity index (χ1v) is 9.76. The lowest BCUT2D eigenvalue weighted by Gasteiger charge is -2.36. The predicted octanol–water partition coefficient (Wildman–Crippen LogP) is 3.29. The Bertz CT molecular complexity index is 982. The van der Waals surface area contributed by atoms with Crippen LogP contribution in [0.3, 0.4) is 0 Å². The van der Waals surface area contributed by atoms with Crippen molar-refractivity contribution in [1.82, 2.24) is 15.1 Å². The smallest absolute Gasteiger partial charge is 0.247 e. The van der Waals surface area contributed by atoms with Crippen LogP contribution in [0.2, 0.25) is 5.02 Å². The first-order valence-electron chi connectivity index (χ1n) is 9.38. The Morgan fingerprint density at radius 3 is 2.48 bits per heavy atom. The summed E-state index contributed by atoms with van der Waals surface area (Å²) in [5, 5.41) is 8.80. The number of carbonyl (C=O) groups is 1. The topological polar surface area (TPSA) is 71.7 Å². The van der Waals surface area contributed by atoms with Gasteiger partial charge in [-0.05, 0) is 36.4 Å². The van der Waals surface area contributed by atoms with Gasteiger partial charge in [-0.2, -0.15) is 0 Å². The van der Waals surface area contributed by atoms with E-state index in [1.165, 1.54) is 0 Å². The molecule has 2 heterocycles. The summed E-state index contributed by atoms with van der Waals surface area (Å²) in [6.07, 6.45) is 0.0925. The number of carbonyl (C=O) groups excluding carboxylic acids is 1. The van der Waals surface area contributed by atoms with E-state index in [0.717, 1.165) is 35.1 Å². The number of piperazine rings is 1. The van der Waals surface area contributed by atoms with Gasteiger partial charge >= 0.3 is 0 Å². The fourth-order valence-electron chi connectivity index (χ4n) is 3.32. The molecule has 0 N–H and O–H groups in total. The number of amides is 1. The van der Waals surface area contributed by atoms with Crippen LogP contribution >= 0.6 is 11.6 Å². The molecule has 1 fully saturated rings. The van der Waals surface area contributed by atoms with Crippen LogP contribution in [0.4, 0.5) is 5.69 Å². The minimum Gasteiger partial charge on any atom is -0.497 e. The first kappa shape index (κ1) is 19.3. The van der Waals surface area contributed by atoms with E-state index in [0.29, 0.717) is 24.9 Å². The number of hydrogen-bond acceptors (Lipinski definition) is 6. The van der Waals surface area contributed by atoms with Crippen molar-refractivity contribution in [3.63, 3.8) is 0 Å². The Labute approximate surface area is 173 Å². The minimum atomic E-state index is -0.0197. The van der Waals surface area contributed by atoms with Crippen LogP contribution in [0.15, 0.2) is 52.9 Å². The number of hydrogen-bond donors (Lipinski definition) is 0. The Kier molecular flexibility index (Phi) is 5.67. The van der Waals surface area contributed by atoms with Crippen LogP contribution < -0.4 is 9.64 Å². The predicted molar refractivity (Wildman–Crippen MR) is 110 cm³/mol. The summed E-state index contributed by atoms with van der Waals surface area (Å²) >= 11 is 6.28. The summed E-state index contributed by atoms with van der Waals surface area (Å²) in [5.41, 5.74) is 1.78. The van der Waals surface area contributed by atoms with Crippen molar-refractivity contribution in [2.75, 3.05) is 38.2 Å². The van der Waals surface area contributed by atoms with E-state index in [-0.39, 0.29) is 12.3 Å². The highest BCUT2D eigenvalue weighted by atomic mass is 35.5. The number of benzene rings is 2. The highest BCUT2D eigenvalue weighted by Crippen LogP contribution is 2.26. The van der Waals surface area contributed by atoms with Gasteiger partial charge in [0.05, 0.1) is 17.8 Å². The lowest BCUT2D eigenvalue weighted by atomic mass is 10.2. The van der Waals surface area contributed by atoms with Crippen molar-refractivity contribution in [2.45, 2.75) is 6.42 Å². The summed E-state index contributed by atoms with van der Waals surface area (Å²) in [6.45, 7) is 2.72. The van der Waals surface area contributed by atoms with Crippen LogP contribution in [0.25, 0.3) is 11.5 Å². The van der Waals surface area contributed by atoms with E-state index < -0.39 is 0 Å². The van der Waals surface area contributed by atoms with Gasteiger partial charge in [0.15, 0.2) is 0 Å². The van der Waals surface area contributed by atoms with Gasteiger partial charge in [-0.1, -0.05) is 23.7 Å². The standard InChI is InChI=1S/C21H21ClN4O3/c1-28-16-8-6-15(7-9-16)21-24-23-19(29-21)14-20(27)26-12-10-25(11-13-26)18-5-3-2-4-17(18)22/h2-9H,10-14H2,1H3. The summed E-state index contributed by atoms with van der Waals surface area (Å²) in [6, 6.07) is 15.1. The third-order valence-corrected chi connectivity index (χ3v) is 5.25. The molecular weight excluding hydrogens is 392 g/mol. The SMILES string of the molecule is COc1ccc(-c2nnc(CC(=O)N3CCN(c4ccccc4Cl)CC3)o2)cc1. The summed E-state index contributed by atoms with van der Waals surface area (Å²) in [7, 11) is 1.61. The van der Waals surface area contributed by atoms with Crippen LogP contribution in [-0.2, 0) is 11.2 Å². The van der Waals surface area contributed by atoms with Crippen LogP contribution in [0.1, 0.15) is 5.89 Å². The molecule has 1 aliphatic rings. The van der Waals surface area contributed by atoms with Crippen molar-refractivity contribution >= 4 is 23.2 Å². The average molecular weight is 413 g/mol. The monoisotopic (exact) mass is 412 g/mol. The number of aromatic nitrogens is 2. The molecule has 0 bridgehead atoms. The summed E-state index contributed by atoms with van der Waals surface area (Å²) in [5.74, 6) is 1.43. The number of para-hydroxylation sites is 1. The largest absolute Gasteiger partial charge is 0.497 e. The van der Waals surface area contributed by atoms with E-state index in [4.69, 9.17) is 20.8 Å². The van der Waals surface area contributed by atoms with Crippen molar-refractivity contribution in [3.8, 4) is 17.2 Å². The maximum absolute atomic E-state index is 12.6. The molecule has 1 amide bonds. The molecule has 4 rings (SSSR count). The van der Waals surface area contributed by atoms with Crippen molar-refractivity contribution < 1.29 is 13.9 Å². The van der Waals surface area contributed by atoms with Crippen LogP contribution in [-0.4, -0.2) is 54.3 Å². The molecule has 1 saturated heterocycles. The third kappa shape index (κ3) is 4.35. The van der Waals surface area contributed by atoms with Gasteiger partial charge in [0, 0.05) is 31.7 Å². The molecule has 0 atom stereocenters. The molecule has 0 spiro atoms. The highest BCUT2D eigenvalue weighted by Gasteiger charge is 2.24. The van der Waals surface area contributed by atoms with Gasteiger partial charge in [0.2, 0.25) is 17.7 Å². The second-order valence-electron chi connectivity index (χ2n) is 6.73. The lowest BCUT2D eigenvalue weighted by molar-refractivity contribution is -0.131. The minimum absolute atomic E-state index is 0.0197. The Morgan fingerprint density at radius 1 is 1.07 bits per heavy atom. The van der Waals surface area contributed by atoms with Crippen LogP contribution in [0, 0.1) is 0 Å². The third-order valence-electron chi connectivity index (χ3n) is 4.93. The van der Waals surface area contributed by atoms with Gasteiger partial charge < -0.3 is 19.0 Å². The lowest BCUT2D eigenvalue weighted by Crippen LogP contribution is -2.49. The molecule has 1 aliphatic heterocycles. The Morgan fingerprint density at radius 2 is 1.79 bits per heavy atom. The quantitative estimate of drug-likeness (QED) is 0.640. The van der Waals surface area contributed by atoms with Crippen molar-refractivity contribution in [3.05, 3.63) is 59.4 Å². The molecule has 8 heteroatoms. The number of ether oxygens (including phenoxy) is 1. The fourth-order valence-corrected chi connectivity index (χ4v) is 3.58. The van der Waals surface area contributed by atoms with E-state index >= 15 is 0 Å². The second kappa shape index (κ2) is 8.53. The number of rotatable bonds is 5. The van der Waals surface area contributed by atoms with Crippen molar-refractivity contribution in [2.24, 2.45) is 0 Å². The zero-order valence-electron chi connectivity index (χ0n) is 16.0. The summed E-state index contributed by atoms with van der Waals surface area (Å²) < 4.78 is 10.8. The molecule has 3 aromatic rings. The zero-order valence-corrected chi connectivity index (χ0v) is 16.8. The molecule has 0 unspecified atom stereocenters. The average Bonchev–Trinajstić information content (AvgIpc) is 3.23. The molecule has 1 aromatic heterocycles. The molecule has 0 aliphatic carbocycles. The van der Waals surface area contributed by atoms with Gasteiger partial charge in [0.25, 0.3) is 0 Å². The highest BCUT2D eigenvalue weighted by molar-refractivity contribution is 6.33. The maximum atomic E-state index is 12.6. The number of anilines is 1. The van der Waals surface area contributed by atoms with Gasteiger partial charge in [-0.15, -0.1) is 10.2 Å². The number of halogens is 1. The van der Waals surface area contributed by atoms with Gasteiger partial charge in [-0.25, -0.2) is 0 Å². The normalized spacial score (nSPS) is 14.1. The maximum Gasteiger partial charge on any atom is 0.247 e. The van der Waals surface area contributed by atoms with E-state index in [1.807, 2.05) is 53.4 Å². The molecule has 0 radical (unpaired) electrons. The Hall–Kier alpha value is -3.06. The van der Waals surface area contributed by atoms with Gasteiger partial charge in [-0.3, -0.25) is 4.79 Å². The Balaban J connectivity index is 1.34. The van der Waals surface area contributed by atoms with Crippen LogP contribution in [0.5, 0.6) is 5.75 Å².